The minimum Gasteiger partial charge on any atom is -0.347 e. The van der Waals surface area contributed by atoms with Crippen LogP contribution in [0.2, 0.25) is 0 Å². The van der Waals surface area contributed by atoms with Gasteiger partial charge < -0.3 is 9.84 Å². The molecular formula is C18H20N4O3S. The van der Waals surface area contributed by atoms with Crippen molar-refractivity contribution in [2.45, 2.75) is 39.8 Å². The number of carbonyl (C=O) groups is 1. The maximum atomic E-state index is 12.6. The van der Waals surface area contributed by atoms with Crippen LogP contribution in [0.25, 0.3) is 0 Å². The van der Waals surface area contributed by atoms with Gasteiger partial charge in [-0.05, 0) is 26.3 Å². The molecule has 0 radical (unpaired) electrons. The molecule has 26 heavy (non-hydrogen) atoms. The van der Waals surface area contributed by atoms with Crippen molar-refractivity contribution in [2.24, 2.45) is 0 Å². The van der Waals surface area contributed by atoms with Gasteiger partial charge in [0.2, 0.25) is 11.8 Å². The number of amides is 1. The molecule has 2 heterocycles. The Balaban J connectivity index is 1.78. The molecule has 2 aromatic heterocycles. The Morgan fingerprint density at radius 1 is 1.27 bits per heavy atom. The van der Waals surface area contributed by atoms with Gasteiger partial charge in [-0.3, -0.25) is 14.2 Å². The molecule has 1 amide bonds. The Kier molecular flexibility index (Phi) is 5.32. The van der Waals surface area contributed by atoms with Gasteiger partial charge in [0.25, 0.3) is 0 Å². The van der Waals surface area contributed by atoms with E-state index in [0.717, 1.165) is 27.5 Å². The highest BCUT2D eigenvalue weighted by Gasteiger charge is 2.20. The van der Waals surface area contributed by atoms with Crippen LogP contribution in [0.15, 0.2) is 39.6 Å². The third-order valence-electron chi connectivity index (χ3n) is 4.16. The molecule has 1 atom stereocenters. The molecule has 1 aromatic carbocycles. The van der Waals surface area contributed by atoms with Crippen molar-refractivity contribution < 1.29 is 9.32 Å². The van der Waals surface area contributed by atoms with Gasteiger partial charge in [0.1, 0.15) is 6.54 Å². The number of nitrogens with zero attached hydrogens (tertiary/aromatic N) is 3. The quantitative estimate of drug-likeness (QED) is 0.717. The summed E-state index contributed by atoms with van der Waals surface area (Å²) in [7, 11) is 0. The first-order valence-corrected chi connectivity index (χ1v) is 9.06. The molecule has 0 bridgehead atoms. The van der Waals surface area contributed by atoms with E-state index in [1.54, 1.807) is 6.92 Å². The predicted molar refractivity (Wildman–Crippen MR) is 98.1 cm³/mol. The Labute approximate surface area is 154 Å². The van der Waals surface area contributed by atoms with E-state index in [-0.39, 0.29) is 23.4 Å². The molecule has 8 heteroatoms. The van der Waals surface area contributed by atoms with Crippen molar-refractivity contribution in [1.29, 1.82) is 0 Å². The summed E-state index contributed by atoms with van der Waals surface area (Å²) in [5.41, 5.74) is 1.75. The number of thiazole rings is 1. The summed E-state index contributed by atoms with van der Waals surface area (Å²) in [5.74, 6) is 0.767. The summed E-state index contributed by atoms with van der Waals surface area (Å²) in [6, 6.07) is 9.27. The fourth-order valence-electron chi connectivity index (χ4n) is 2.69. The molecule has 1 N–H and O–H groups in total. The lowest BCUT2D eigenvalue weighted by atomic mass is 10.0. The third kappa shape index (κ3) is 4.08. The average Bonchev–Trinajstić information content (AvgIpc) is 3.13. The number of carbonyl (C=O) groups excluding carboxylic acids is 1. The average molecular weight is 372 g/mol. The van der Waals surface area contributed by atoms with Crippen LogP contribution in [-0.4, -0.2) is 20.6 Å². The van der Waals surface area contributed by atoms with E-state index in [9.17, 15) is 9.59 Å². The maximum absolute atomic E-state index is 12.6. The van der Waals surface area contributed by atoms with E-state index in [2.05, 4.69) is 15.5 Å². The highest BCUT2D eigenvalue weighted by molar-refractivity contribution is 7.09. The molecule has 0 aliphatic rings. The maximum Gasteiger partial charge on any atom is 0.308 e. The van der Waals surface area contributed by atoms with Crippen molar-refractivity contribution >= 4 is 17.2 Å². The first kappa shape index (κ1) is 18.1. The normalized spacial score (nSPS) is 12.1. The zero-order valence-electron chi connectivity index (χ0n) is 14.9. The SMILES string of the molecule is Cc1noc(CC(NC(=O)Cn2c(C)c(C)sc2=O)c2ccccc2)n1. The molecule has 3 aromatic rings. The number of benzene rings is 1. The third-order valence-corrected chi connectivity index (χ3v) is 5.16. The first-order chi connectivity index (χ1) is 12.4. The van der Waals surface area contributed by atoms with Crippen molar-refractivity contribution in [3.8, 4) is 0 Å². The lowest BCUT2D eigenvalue weighted by molar-refractivity contribution is -0.122. The topological polar surface area (TPSA) is 90.0 Å². The zero-order chi connectivity index (χ0) is 18.7. The molecule has 1 unspecified atom stereocenters. The number of nitrogens with one attached hydrogen (secondary N) is 1. The highest BCUT2D eigenvalue weighted by Crippen LogP contribution is 2.18. The lowest BCUT2D eigenvalue weighted by Crippen LogP contribution is -2.35. The van der Waals surface area contributed by atoms with Gasteiger partial charge in [-0.2, -0.15) is 4.98 Å². The number of hydrogen-bond donors (Lipinski definition) is 1. The van der Waals surface area contributed by atoms with E-state index < -0.39 is 0 Å². The summed E-state index contributed by atoms with van der Waals surface area (Å²) in [5, 5.41) is 6.77. The lowest BCUT2D eigenvalue weighted by Gasteiger charge is -2.18. The molecule has 0 fully saturated rings. The minimum atomic E-state index is -0.320. The van der Waals surface area contributed by atoms with Gasteiger partial charge >= 0.3 is 4.87 Å². The van der Waals surface area contributed by atoms with Gasteiger partial charge in [-0.15, -0.1) is 0 Å². The summed E-state index contributed by atoms with van der Waals surface area (Å²) in [4.78, 5) is 29.6. The van der Waals surface area contributed by atoms with Crippen LogP contribution in [0.4, 0.5) is 0 Å². The van der Waals surface area contributed by atoms with Crippen LogP contribution in [0.1, 0.15) is 33.9 Å². The molecule has 0 aliphatic heterocycles. The highest BCUT2D eigenvalue weighted by atomic mass is 32.1. The minimum absolute atomic E-state index is 0.0127. The zero-order valence-corrected chi connectivity index (χ0v) is 15.7. The Morgan fingerprint density at radius 2 is 2.00 bits per heavy atom. The molecule has 7 nitrogen and oxygen atoms in total. The Hall–Kier alpha value is -2.74. The van der Waals surface area contributed by atoms with Gasteiger partial charge in [-0.1, -0.05) is 46.8 Å². The number of aromatic nitrogens is 3. The van der Waals surface area contributed by atoms with Crippen molar-refractivity contribution in [3.63, 3.8) is 0 Å². The van der Waals surface area contributed by atoms with Gasteiger partial charge in [0, 0.05) is 10.6 Å². The molecular weight excluding hydrogens is 352 g/mol. The predicted octanol–water partition coefficient (Wildman–Crippen LogP) is 2.32. The number of aryl methyl sites for hydroxylation is 2. The molecule has 0 spiro atoms. The standard InChI is InChI=1S/C18H20N4O3S/c1-11-12(2)26-18(24)22(11)10-16(23)20-15(14-7-5-4-6-8-14)9-17-19-13(3)21-25-17/h4-8,15H,9-10H2,1-3H3,(H,20,23). The van der Waals surface area contributed by atoms with Gasteiger partial charge in [-0.25, -0.2) is 0 Å². The summed E-state index contributed by atoms with van der Waals surface area (Å²) in [6.07, 6.45) is 0.382. The Bertz CT molecular complexity index is 958. The van der Waals surface area contributed by atoms with E-state index >= 15 is 0 Å². The molecule has 0 aliphatic carbocycles. The first-order valence-electron chi connectivity index (χ1n) is 8.24. The second-order valence-electron chi connectivity index (χ2n) is 6.07. The van der Waals surface area contributed by atoms with Gasteiger partial charge in [0.05, 0.1) is 12.5 Å². The fraction of sp³-hybridized carbons (Fsp3) is 0.333. The van der Waals surface area contributed by atoms with E-state index in [1.165, 1.54) is 4.57 Å². The fourth-order valence-corrected chi connectivity index (χ4v) is 3.52. The van der Waals surface area contributed by atoms with Crippen molar-refractivity contribution in [2.75, 3.05) is 0 Å². The monoisotopic (exact) mass is 372 g/mol. The molecule has 136 valence electrons. The number of rotatable bonds is 6. The Morgan fingerprint density at radius 3 is 2.58 bits per heavy atom. The van der Waals surface area contributed by atoms with E-state index in [1.807, 2.05) is 44.2 Å². The van der Waals surface area contributed by atoms with Crippen molar-refractivity contribution in [1.82, 2.24) is 20.0 Å². The van der Waals surface area contributed by atoms with Crippen LogP contribution >= 0.6 is 11.3 Å². The van der Waals surface area contributed by atoms with Crippen LogP contribution in [0, 0.1) is 20.8 Å². The smallest absolute Gasteiger partial charge is 0.308 e. The molecule has 0 saturated heterocycles. The van der Waals surface area contributed by atoms with Crippen molar-refractivity contribution in [3.05, 3.63) is 67.8 Å². The summed E-state index contributed by atoms with van der Waals surface area (Å²) >= 11 is 1.15. The van der Waals surface area contributed by atoms with Gasteiger partial charge in [0.15, 0.2) is 5.82 Å². The summed E-state index contributed by atoms with van der Waals surface area (Å²) in [6.45, 7) is 5.45. The number of hydrogen-bond acceptors (Lipinski definition) is 6. The van der Waals surface area contributed by atoms with E-state index in [4.69, 9.17) is 4.52 Å². The van der Waals surface area contributed by atoms with Crippen LogP contribution in [0.5, 0.6) is 0 Å². The van der Waals surface area contributed by atoms with Crippen LogP contribution < -0.4 is 10.2 Å². The second kappa shape index (κ2) is 7.65. The summed E-state index contributed by atoms with van der Waals surface area (Å²) < 4.78 is 6.69. The molecule has 3 rings (SSSR count). The molecule has 0 saturated carbocycles. The van der Waals surface area contributed by atoms with E-state index in [0.29, 0.717) is 18.1 Å². The van der Waals surface area contributed by atoms with Crippen LogP contribution in [0.3, 0.4) is 0 Å². The second-order valence-corrected chi connectivity index (χ2v) is 7.23. The largest absolute Gasteiger partial charge is 0.347 e. The van der Waals surface area contributed by atoms with Crippen LogP contribution in [-0.2, 0) is 17.8 Å².